The van der Waals surface area contributed by atoms with E-state index in [1.54, 1.807) is 13.2 Å². The van der Waals surface area contributed by atoms with Crippen molar-refractivity contribution in [2.24, 2.45) is 0 Å². The average molecular weight is 378 g/mol. The molecule has 4 rings (SSSR count). The molecule has 2 aliphatic heterocycles. The third kappa shape index (κ3) is 3.16. The van der Waals surface area contributed by atoms with Crippen LogP contribution in [-0.4, -0.2) is 29.0 Å². The maximum Gasteiger partial charge on any atom is 0.165 e. The zero-order chi connectivity index (χ0) is 17.6. The summed E-state index contributed by atoms with van der Waals surface area (Å²) in [4.78, 5) is 5.50. The molecule has 0 spiro atoms. The third-order valence-electron chi connectivity index (χ3n) is 5.39. The number of thiophene rings is 1. The standard InChI is InChI=1S/C20H24ClNO2S/c1-12(21)9-14-10-15-17-5-3-13-4-6-18(23)20(24-2)16(13)11-22(17)8-7-19(15)25-14/h4,6,10,12,17,23H,3,5,7-9,11H2,1-2H3/t12?,17-/m0/s1. The molecule has 0 fully saturated rings. The van der Waals surface area contributed by atoms with E-state index in [0.29, 0.717) is 11.8 Å². The number of rotatable bonds is 3. The lowest BCUT2D eigenvalue weighted by atomic mass is 9.95. The summed E-state index contributed by atoms with van der Waals surface area (Å²) in [6.07, 6.45) is 4.18. The highest BCUT2D eigenvalue weighted by atomic mass is 35.5. The Hall–Kier alpha value is -1.23. The maximum absolute atomic E-state index is 10.1. The summed E-state index contributed by atoms with van der Waals surface area (Å²) in [5.41, 5.74) is 3.95. The van der Waals surface area contributed by atoms with Crippen LogP contribution in [0.15, 0.2) is 18.2 Å². The molecule has 0 radical (unpaired) electrons. The number of phenols is 1. The predicted octanol–water partition coefficient (Wildman–Crippen LogP) is 4.68. The summed E-state index contributed by atoms with van der Waals surface area (Å²) in [5, 5.41) is 10.3. The number of fused-ring (bicyclic) bond motifs is 4. The van der Waals surface area contributed by atoms with Gasteiger partial charge in [-0.15, -0.1) is 22.9 Å². The summed E-state index contributed by atoms with van der Waals surface area (Å²) in [7, 11) is 1.64. The Labute approximate surface area is 158 Å². The van der Waals surface area contributed by atoms with Crippen LogP contribution >= 0.6 is 22.9 Å². The topological polar surface area (TPSA) is 32.7 Å². The number of halogens is 1. The van der Waals surface area contributed by atoms with Crippen molar-refractivity contribution in [1.82, 2.24) is 4.90 Å². The van der Waals surface area contributed by atoms with E-state index in [-0.39, 0.29) is 11.1 Å². The molecule has 5 heteroatoms. The Morgan fingerprint density at radius 1 is 1.40 bits per heavy atom. The van der Waals surface area contributed by atoms with Crippen molar-refractivity contribution < 1.29 is 9.84 Å². The highest BCUT2D eigenvalue weighted by Crippen LogP contribution is 2.44. The molecule has 3 heterocycles. The van der Waals surface area contributed by atoms with E-state index in [1.165, 1.54) is 20.9 Å². The van der Waals surface area contributed by atoms with E-state index in [4.69, 9.17) is 16.3 Å². The molecule has 134 valence electrons. The van der Waals surface area contributed by atoms with Gasteiger partial charge in [0.25, 0.3) is 0 Å². The fraction of sp³-hybridized carbons (Fsp3) is 0.500. The molecule has 1 N–H and O–H groups in total. The molecular weight excluding hydrogens is 354 g/mol. The summed E-state index contributed by atoms with van der Waals surface area (Å²) in [6, 6.07) is 6.66. The van der Waals surface area contributed by atoms with Gasteiger partial charge in [0.05, 0.1) is 7.11 Å². The highest BCUT2D eigenvalue weighted by Gasteiger charge is 2.33. The number of benzene rings is 1. The van der Waals surface area contributed by atoms with E-state index in [9.17, 15) is 5.11 Å². The molecule has 1 aromatic heterocycles. The van der Waals surface area contributed by atoms with E-state index < -0.39 is 0 Å². The largest absolute Gasteiger partial charge is 0.504 e. The number of phenolic OH excluding ortho intramolecular Hbond substituents is 1. The van der Waals surface area contributed by atoms with Gasteiger partial charge in [-0.05, 0) is 55.9 Å². The van der Waals surface area contributed by atoms with Gasteiger partial charge in [-0.1, -0.05) is 6.07 Å². The lowest BCUT2D eigenvalue weighted by Crippen LogP contribution is -2.33. The normalized spacial score (nSPS) is 21.0. The number of ether oxygens (including phenoxy) is 1. The lowest BCUT2D eigenvalue weighted by Gasteiger charge is -2.34. The molecule has 3 nitrogen and oxygen atoms in total. The van der Waals surface area contributed by atoms with Crippen molar-refractivity contribution in [2.75, 3.05) is 13.7 Å². The van der Waals surface area contributed by atoms with Crippen molar-refractivity contribution in [1.29, 1.82) is 0 Å². The molecular formula is C20H24ClNO2S. The van der Waals surface area contributed by atoms with Gasteiger partial charge >= 0.3 is 0 Å². The molecule has 2 atom stereocenters. The molecule has 25 heavy (non-hydrogen) atoms. The lowest BCUT2D eigenvalue weighted by molar-refractivity contribution is 0.173. The van der Waals surface area contributed by atoms with Gasteiger partial charge in [0, 0.05) is 39.8 Å². The predicted molar refractivity (Wildman–Crippen MR) is 103 cm³/mol. The van der Waals surface area contributed by atoms with Crippen molar-refractivity contribution in [3.05, 3.63) is 44.6 Å². The van der Waals surface area contributed by atoms with Crippen molar-refractivity contribution >= 4 is 22.9 Å². The molecule has 0 saturated heterocycles. The second-order valence-corrected chi connectivity index (χ2v) is 9.07. The van der Waals surface area contributed by atoms with Gasteiger partial charge in [0.1, 0.15) is 0 Å². The Balaban J connectivity index is 1.67. The zero-order valence-corrected chi connectivity index (χ0v) is 16.3. The summed E-state index contributed by atoms with van der Waals surface area (Å²) >= 11 is 8.15. The number of hydrogen-bond donors (Lipinski definition) is 1. The van der Waals surface area contributed by atoms with Gasteiger partial charge in [0.15, 0.2) is 11.5 Å². The van der Waals surface area contributed by atoms with E-state index in [2.05, 4.69) is 24.0 Å². The van der Waals surface area contributed by atoms with Crippen LogP contribution in [0, 0.1) is 0 Å². The Kier molecular flexibility index (Phi) is 4.69. The van der Waals surface area contributed by atoms with Crippen molar-refractivity contribution in [3.8, 4) is 11.5 Å². The first kappa shape index (κ1) is 17.2. The quantitative estimate of drug-likeness (QED) is 0.788. The van der Waals surface area contributed by atoms with Crippen LogP contribution in [0.3, 0.4) is 0 Å². The number of methoxy groups -OCH3 is 1. The Morgan fingerprint density at radius 3 is 3.00 bits per heavy atom. The maximum atomic E-state index is 10.1. The molecule has 0 saturated carbocycles. The zero-order valence-electron chi connectivity index (χ0n) is 14.7. The average Bonchev–Trinajstić information content (AvgIpc) is 2.87. The second kappa shape index (κ2) is 6.82. The van der Waals surface area contributed by atoms with Crippen LogP contribution < -0.4 is 4.74 Å². The summed E-state index contributed by atoms with van der Waals surface area (Å²) < 4.78 is 5.51. The SMILES string of the molecule is COc1c(O)ccc2c1CN1CCc3sc(CC(C)Cl)cc3[C@@H]1CC2. The first-order valence-electron chi connectivity index (χ1n) is 8.94. The van der Waals surface area contributed by atoms with Crippen LogP contribution in [-0.2, 0) is 25.8 Å². The fourth-order valence-corrected chi connectivity index (χ4v) is 5.87. The minimum absolute atomic E-state index is 0.182. The van der Waals surface area contributed by atoms with Crippen molar-refractivity contribution in [2.45, 2.75) is 50.6 Å². The number of aromatic hydroxyl groups is 1. The van der Waals surface area contributed by atoms with Gasteiger partial charge in [-0.3, -0.25) is 4.90 Å². The molecule has 0 amide bonds. The third-order valence-corrected chi connectivity index (χ3v) is 6.78. The summed E-state index contributed by atoms with van der Waals surface area (Å²) in [5.74, 6) is 0.886. The Bertz CT molecular complexity index is 786. The molecule has 1 aromatic carbocycles. The van der Waals surface area contributed by atoms with E-state index in [1.807, 2.05) is 11.3 Å². The highest BCUT2D eigenvalue weighted by molar-refractivity contribution is 7.12. The smallest absolute Gasteiger partial charge is 0.165 e. The van der Waals surface area contributed by atoms with Gasteiger partial charge in [-0.25, -0.2) is 0 Å². The van der Waals surface area contributed by atoms with Crippen LogP contribution in [0.1, 0.15) is 45.8 Å². The molecule has 0 aliphatic carbocycles. The number of aryl methyl sites for hydroxylation is 1. The number of hydrogen-bond acceptors (Lipinski definition) is 4. The number of alkyl halides is 1. The molecule has 1 unspecified atom stereocenters. The number of nitrogens with zero attached hydrogens (tertiary/aromatic N) is 1. The van der Waals surface area contributed by atoms with Crippen LogP contribution in [0.25, 0.3) is 0 Å². The molecule has 0 bridgehead atoms. The van der Waals surface area contributed by atoms with Crippen LogP contribution in [0.5, 0.6) is 11.5 Å². The van der Waals surface area contributed by atoms with Crippen LogP contribution in [0.4, 0.5) is 0 Å². The monoisotopic (exact) mass is 377 g/mol. The van der Waals surface area contributed by atoms with Crippen LogP contribution in [0.2, 0.25) is 0 Å². The van der Waals surface area contributed by atoms with E-state index >= 15 is 0 Å². The summed E-state index contributed by atoms with van der Waals surface area (Å²) in [6.45, 7) is 3.97. The fourth-order valence-electron chi connectivity index (χ4n) is 4.27. The van der Waals surface area contributed by atoms with Gasteiger partial charge < -0.3 is 9.84 Å². The van der Waals surface area contributed by atoms with Gasteiger partial charge in [-0.2, -0.15) is 0 Å². The molecule has 2 aliphatic rings. The van der Waals surface area contributed by atoms with Crippen molar-refractivity contribution in [3.63, 3.8) is 0 Å². The molecule has 2 aromatic rings. The first-order chi connectivity index (χ1) is 12.1. The van der Waals surface area contributed by atoms with E-state index in [0.717, 1.165) is 44.3 Å². The Morgan fingerprint density at radius 2 is 2.24 bits per heavy atom. The van der Waals surface area contributed by atoms with Gasteiger partial charge in [0.2, 0.25) is 0 Å². The second-order valence-electron chi connectivity index (χ2n) is 7.11. The first-order valence-corrected chi connectivity index (χ1v) is 10.2. The minimum atomic E-state index is 0.182. The minimum Gasteiger partial charge on any atom is -0.504 e.